The molecule has 0 aliphatic carbocycles. The maximum Gasteiger partial charge on any atom is 0.311 e. The highest BCUT2D eigenvalue weighted by molar-refractivity contribution is 7.17. The molecule has 1 N–H and O–H groups in total. The summed E-state index contributed by atoms with van der Waals surface area (Å²) in [7, 11) is 0. The molecule has 2 aromatic heterocycles. The van der Waals surface area contributed by atoms with Gasteiger partial charge in [-0.2, -0.15) is 0 Å². The number of thiazole rings is 2. The fourth-order valence-electron chi connectivity index (χ4n) is 2.57. The number of anilines is 1. The Morgan fingerprint density at radius 1 is 1.14 bits per heavy atom. The molecule has 0 saturated heterocycles. The zero-order chi connectivity index (χ0) is 20.1. The van der Waals surface area contributed by atoms with Crippen molar-refractivity contribution in [2.75, 3.05) is 11.9 Å². The summed E-state index contributed by atoms with van der Waals surface area (Å²) in [6, 6.07) is 8.21. The van der Waals surface area contributed by atoms with E-state index in [2.05, 4.69) is 34.3 Å². The Kier molecular flexibility index (Phi) is 6.53. The minimum atomic E-state index is -0.331. The van der Waals surface area contributed by atoms with Gasteiger partial charge in [-0.3, -0.25) is 14.9 Å². The summed E-state index contributed by atoms with van der Waals surface area (Å²) >= 11 is 2.64. The topological polar surface area (TPSA) is 81.2 Å². The third-order valence-electron chi connectivity index (χ3n) is 4.01. The van der Waals surface area contributed by atoms with Crippen LogP contribution in [-0.4, -0.2) is 28.5 Å². The van der Waals surface area contributed by atoms with E-state index in [4.69, 9.17) is 4.74 Å². The number of nitrogens with one attached hydrogen (secondary N) is 1. The quantitative estimate of drug-likeness (QED) is 0.575. The van der Waals surface area contributed by atoms with Crippen molar-refractivity contribution in [1.29, 1.82) is 0 Å². The summed E-state index contributed by atoms with van der Waals surface area (Å²) < 4.78 is 4.91. The number of amides is 1. The molecule has 3 rings (SSSR count). The number of carbonyl (C=O) groups excluding carboxylic acids is 2. The molecule has 2 heterocycles. The van der Waals surface area contributed by atoms with Crippen molar-refractivity contribution < 1.29 is 14.3 Å². The lowest BCUT2D eigenvalue weighted by atomic mass is 10.1. The standard InChI is InChI=1S/C20H21N3O3S2/c1-4-13-6-8-14(9-7-13)19-21-12(3)17(28-19)18(25)23-20-22-15(11-27-20)10-16(24)26-5-2/h6-9,11H,4-5,10H2,1-3H3,(H,22,23,25). The Morgan fingerprint density at radius 3 is 2.57 bits per heavy atom. The van der Waals surface area contributed by atoms with Crippen molar-refractivity contribution in [3.05, 3.63) is 51.5 Å². The summed E-state index contributed by atoms with van der Waals surface area (Å²) in [5.41, 5.74) is 3.52. The second kappa shape index (κ2) is 9.07. The summed E-state index contributed by atoms with van der Waals surface area (Å²) in [5.74, 6) is -0.578. The third kappa shape index (κ3) is 4.82. The first kappa shape index (κ1) is 20.2. The van der Waals surface area contributed by atoms with Gasteiger partial charge in [-0.05, 0) is 25.8 Å². The number of rotatable bonds is 7. The van der Waals surface area contributed by atoms with Crippen molar-refractivity contribution in [3.63, 3.8) is 0 Å². The van der Waals surface area contributed by atoms with E-state index in [9.17, 15) is 9.59 Å². The fraction of sp³-hybridized carbons (Fsp3) is 0.300. The first-order chi connectivity index (χ1) is 13.5. The maximum absolute atomic E-state index is 12.6. The first-order valence-corrected chi connectivity index (χ1v) is 10.7. The molecule has 0 fully saturated rings. The van der Waals surface area contributed by atoms with Crippen LogP contribution in [0.1, 0.15) is 40.5 Å². The fourth-order valence-corrected chi connectivity index (χ4v) is 4.25. The van der Waals surface area contributed by atoms with Crippen molar-refractivity contribution in [2.24, 2.45) is 0 Å². The summed E-state index contributed by atoms with van der Waals surface area (Å²) in [6.07, 6.45) is 1.08. The molecule has 3 aromatic rings. The number of hydrogen-bond acceptors (Lipinski definition) is 7. The largest absolute Gasteiger partial charge is 0.466 e. The molecule has 0 spiro atoms. The second-order valence-corrected chi connectivity index (χ2v) is 7.92. The normalized spacial score (nSPS) is 10.7. The molecule has 0 saturated carbocycles. The molecule has 0 radical (unpaired) electrons. The number of ether oxygens (including phenoxy) is 1. The van der Waals surface area contributed by atoms with E-state index in [-0.39, 0.29) is 18.3 Å². The lowest BCUT2D eigenvalue weighted by molar-refractivity contribution is -0.142. The maximum atomic E-state index is 12.6. The average molecular weight is 416 g/mol. The van der Waals surface area contributed by atoms with Crippen LogP contribution in [0.4, 0.5) is 5.13 Å². The van der Waals surface area contributed by atoms with Crippen molar-refractivity contribution >= 4 is 39.7 Å². The zero-order valence-corrected chi connectivity index (χ0v) is 17.6. The Hall–Kier alpha value is -2.58. The number of esters is 1. The molecule has 0 aliphatic heterocycles. The van der Waals surface area contributed by atoms with Crippen LogP contribution in [0, 0.1) is 6.92 Å². The lowest BCUT2D eigenvalue weighted by Gasteiger charge is -2.00. The number of aryl methyl sites for hydroxylation is 2. The van der Waals surface area contributed by atoms with E-state index in [1.165, 1.54) is 28.2 Å². The number of aromatic nitrogens is 2. The molecule has 6 nitrogen and oxygen atoms in total. The van der Waals surface area contributed by atoms with Crippen LogP contribution in [0.15, 0.2) is 29.6 Å². The Balaban J connectivity index is 1.70. The van der Waals surface area contributed by atoms with Gasteiger partial charge in [0.05, 0.1) is 24.4 Å². The number of benzene rings is 1. The van der Waals surface area contributed by atoms with Gasteiger partial charge >= 0.3 is 5.97 Å². The van der Waals surface area contributed by atoms with Crippen molar-refractivity contribution in [2.45, 2.75) is 33.6 Å². The van der Waals surface area contributed by atoms with Crippen LogP contribution in [0.5, 0.6) is 0 Å². The van der Waals surface area contributed by atoms with Crippen LogP contribution < -0.4 is 5.32 Å². The van der Waals surface area contributed by atoms with E-state index < -0.39 is 0 Å². The highest BCUT2D eigenvalue weighted by atomic mass is 32.1. The summed E-state index contributed by atoms with van der Waals surface area (Å²) in [6.45, 7) is 6.03. The minimum Gasteiger partial charge on any atom is -0.466 e. The summed E-state index contributed by atoms with van der Waals surface area (Å²) in [4.78, 5) is 33.6. The van der Waals surface area contributed by atoms with Crippen LogP contribution in [0.25, 0.3) is 10.6 Å². The average Bonchev–Trinajstić information content (AvgIpc) is 3.28. The minimum absolute atomic E-state index is 0.0949. The Labute approximate surface area is 171 Å². The smallest absolute Gasteiger partial charge is 0.311 e. The predicted octanol–water partition coefficient (Wildman–Crippen LogP) is 4.50. The van der Waals surface area contributed by atoms with Gasteiger partial charge in [0, 0.05) is 10.9 Å². The molecule has 0 unspecified atom stereocenters. The van der Waals surface area contributed by atoms with Crippen LogP contribution >= 0.6 is 22.7 Å². The van der Waals surface area contributed by atoms with E-state index in [0.29, 0.717) is 28.0 Å². The SMILES string of the molecule is CCOC(=O)Cc1csc(NC(=O)c2sc(-c3ccc(CC)cc3)nc2C)n1. The highest BCUT2D eigenvalue weighted by Crippen LogP contribution is 2.29. The summed E-state index contributed by atoms with van der Waals surface area (Å²) in [5, 5.41) is 5.80. The number of carbonyl (C=O) groups is 2. The van der Waals surface area contributed by atoms with Gasteiger partial charge in [-0.1, -0.05) is 31.2 Å². The molecule has 8 heteroatoms. The molecular weight excluding hydrogens is 394 g/mol. The molecule has 1 amide bonds. The first-order valence-electron chi connectivity index (χ1n) is 8.98. The van der Waals surface area contributed by atoms with Crippen molar-refractivity contribution in [3.8, 4) is 10.6 Å². The molecule has 1 aromatic carbocycles. The molecule has 28 heavy (non-hydrogen) atoms. The van der Waals surface area contributed by atoms with Gasteiger partial charge in [0.1, 0.15) is 9.88 Å². The number of hydrogen-bond donors (Lipinski definition) is 1. The molecule has 0 bridgehead atoms. The Morgan fingerprint density at radius 2 is 1.89 bits per heavy atom. The molecule has 0 aliphatic rings. The van der Waals surface area contributed by atoms with E-state index in [1.54, 1.807) is 12.3 Å². The molecule has 0 atom stereocenters. The van der Waals surface area contributed by atoms with Crippen LogP contribution in [0.2, 0.25) is 0 Å². The monoisotopic (exact) mass is 415 g/mol. The predicted molar refractivity (Wildman–Crippen MR) is 112 cm³/mol. The van der Waals surface area contributed by atoms with Gasteiger partial charge in [-0.15, -0.1) is 22.7 Å². The van der Waals surface area contributed by atoms with E-state index >= 15 is 0 Å². The van der Waals surface area contributed by atoms with Gasteiger partial charge in [-0.25, -0.2) is 9.97 Å². The number of nitrogens with zero attached hydrogens (tertiary/aromatic N) is 2. The van der Waals surface area contributed by atoms with Crippen LogP contribution in [0.3, 0.4) is 0 Å². The van der Waals surface area contributed by atoms with Gasteiger partial charge in [0.15, 0.2) is 5.13 Å². The van der Waals surface area contributed by atoms with Crippen LogP contribution in [-0.2, 0) is 22.4 Å². The van der Waals surface area contributed by atoms with Gasteiger partial charge in [0.25, 0.3) is 5.91 Å². The van der Waals surface area contributed by atoms with Crippen molar-refractivity contribution in [1.82, 2.24) is 9.97 Å². The molecule has 146 valence electrons. The lowest BCUT2D eigenvalue weighted by Crippen LogP contribution is -2.12. The van der Waals surface area contributed by atoms with E-state index in [1.807, 2.05) is 19.1 Å². The molecular formula is C20H21N3O3S2. The second-order valence-electron chi connectivity index (χ2n) is 6.06. The third-order valence-corrected chi connectivity index (χ3v) is 6.03. The zero-order valence-electron chi connectivity index (χ0n) is 15.9. The van der Waals surface area contributed by atoms with Gasteiger partial charge < -0.3 is 4.74 Å². The highest BCUT2D eigenvalue weighted by Gasteiger charge is 2.18. The van der Waals surface area contributed by atoms with E-state index in [0.717, 1.165) is 17.0 Å². The Bertz CT molecular complexity index is 977. The van der Waals surface area contributed by atoms with Gasteiger partial charge in [0.2, 0.25) is 0 Å².